The van der Waals surface area contributed by atoms with Gasteiger partial charge in [-0.15, -0.1) is 11.3 Å². The lowest BCUT2D eigenvalue weighted by Gasteiger charge is -2.23. The number of esters is 1. The summed E-state index contributed by atoms with van der Waals surface area (Å²) in [4.78, 5) is 42.0. The van der Waals surface area contributed by atoms with E-state index in [1.165, 1.54) is 18.4 Å². The maximum absolute atomic E-state index is 12.7. The Balaban J connectivity index is 2.95. The van der Waals surface area contributed by atoms with Gasteiger partial charge in [0.25, 0.3) is 0 Å². The lowest BCUT2D eigenvalue weighted by molar-refractivity contribution is -0.135. The molecule has 164 valence electrons. The van der Waals surface area contributed by atoms with Crippen LogP contribution in [0.4, 0.5) is 5.13 Å². The number of hydrogen-bond donors (Lipinski definition) is 3. The van der Waals surface area contributed by atoms with Crippen molar-refractivity contribution in [3.05, 3.63) is 10.6 Å². The summed E-state index contributed by atoms with van der Waals surface area (Å²) in [7, 11) is 1.28. The lowest BCUT2D eigenvalue weighted by Crippen LogP contribution is -2.49. The van der Waals surface area contributed by atoms with Crippen LogP contribution in [0.5, 0.6) is 0 Å². The molecule has 0 radical (unpaired) electrons. The van der Waals surface area contributed by atoms with E-state index in [-0.39, 0.29) is 22.7 Å². The van der Waals surface area contributed by atoms with E-state index < -0.39 is 29.9 Å². The molecule has 0 spiro atoms. The van der Waals surface area contributed by atoms with E-state index in [1.54, 1.807) is 0 Å². The van der Waals surface area contributed by atoms with Crippen molar-refractivity contribution in [2.24, 2.45) is 5.92 Å². The summed E-state index contributed by atoms with van der Waals surface area (Å²) in [5.41, 5.74) is 0.183. The van der Waals surface area contributed by atoms with Gasteiger partial charge in [-0.2, -0.15) is 0 Å². The van der Waals surface area contributed by atoms with Crippen molar-refractivity contribution in [1.29, 1.82) is 0 Å². The maximum Gasteiger partial charge on any atom is 0.357 e. The van der Waals surface area contributed by atoms with Gasteiger partial charge in [-0.05, 0) is 18.3 Å². The molecule has 0 aliphatic rings. The van der Waals surface area contributed by atoms with Crippen molar-refractivity contribution >= 4 is 34.3 Å². The van der Waals surface area contributed by atoms with Gasteiger partial charge in [0.05, 0.1) is 7.11 Å². The SMILES string of the molecule is CCC[C@H](NC(=O)[C@@H](O)C(CC)CC)C(=O)Nc1nc(C(=O)OC)c(C(C)C)s1. The molecule has 8 nitrogen and oxygen atoms in total. The summed E-state index contributed by atoms with van der Waals surface area (Å²) < 4.78 is 4.76. The van der Waals surface area contributed by atoms with E-state index >= 15 is 0 Å². The molecule has 1 aromatic rings. The second kappa shape index (κ2) is 11.9. The molecule has 0 saturated heterocycles. The average Bonchev–Trinajstić information content (AvgIpc) is 3.11. The van der Waals surface area contributed by atoms with Crippen molar-refractivity contribution in [3.8, 4) is 0 Å². The molecule has 9 heteroatoms. The molecule has 0 unspecified atom stereocenters. The molecule has 0 fully saturated rings. The summed E-state index contributed by atoms with van der Waals surface area (Å²) in [6.07, 6.45) is 1.27. The Hall–Kier alpha value is -2.00. The highest BCUT2D eigenvalue weighted by Crippen LogP contribution is 2.30. The number of anilines is 1. The number of hydrogen-bond acceptors (Lipinski definition) is 7. The molecule has 1 aromatic heterocycles. The zero-order chi connectivity index (χ0) is 22.1. The van der Waals surface area contributed by atoms with Crippen molar-refractivity contribution < 1.29 is 24.2 Å². The smallest absolute Gasteiger partial charge is 0.357 e. The Labute approximate surface area is 176 Å². The van der Waals surface area contributed by atoms with Crippen molar-refractivity contribution in [1.82, 2.24) is 10.3 Å². The molecule has 0 aliphatic heterocycles. The lowest BCUT2D eigenvalue weighted by atomic mass is 9.95. The Morgan fingerprint density at radius 2 is 1.76 bits per heavy atom. The number of aromatic nitrogens is 1. The third-order valence-electron chi connectivity index (χ3n) is 4.76. The van der Waals surface area contributed by atoms with Crippen LogP contribution in [0.25, 0.3) is 0 Å². The van der Waals surface area contributed by atoms with Crippen LogP contribution in [0.1, 0.15) is 81.6 Å². The van der Waals surface area contributed by atoms with Gasteiger partial charge in [0.2, 0.25) is 11.8 Å². The molecule has 0 aliphatic carbocycles. The van der Waals surface area contributed by atoms with Gasteiger partial charge in [0.15, 0.2) is 10.8 Å². The summed E-state index contributed by atoms with van der Waals surface area (Å²) in [6, 6.07) is -0.801. The summed E-state index contributed by atoms with van der Waals surface area (Å²) in [5, 5.41) is 15.9. The van der Waals surface area contributed by atoms with Crippen LogP contribution in [-0.2, 0) is 14.3 Å². The molecule has 0 bridgehead atoms. The van der Waals surface area contributed by atoms with Crippen LogP contribution in [0.15, 0.2) is 0 Å². The molecule has 1 heterocycles. The first-order chi connectivity index (χ1) is 13.7. The fourth-order valence-electron chi connectivity index (χ4n) is 2.98. The molecule has 2 amide bonds. The second-order valence-corrected chi connectivity index (χ2v) is 8.27. The van der Waals surface area contributed by atoms with E-state index in [9.17, 15) is 19.5 Å². The van der Waals surface area contributed by atoms with Gasteiger partial charge in [0.1, 0.15) is 12.1 Å². The Morgan fingerprint density at radius 3 is 2.24 bits per heavy atom. The Morgan fingerprint density at radius 1 is 1.14 bits per heavy atom. The zero-order valence-corrected chi connectivity index (χ0v) is 18.9. The molecular weight excluding hydrogens is 394 g/mol. The molecule has 1 rings (SSSR count). The van der Waals surface area contributed by atoms with Crippen LogP contribution in [0, 0.1) is 5.92 Å². The van der Waals surface area contributed by atoms with E-state index in [1.807, 2.05) is 34.6 Å². The van der Waals surface area contributed by atoms with Gasteiger partial charge < -0.3 is 20.5 Å². The molecule has 0 aromatic carbocycles. The topological polar surface area (TPSA) is 118 Å². The van der Waals surface area contributed by atoms with Crippen LogP contribution in [0.2, 0.25) is 0 Å². The first-order valence-electron chi connectivity index (χ1n) is 10.1. The first-order valence-corrected chi connectivity index (χ1v) is 10.9. The van der Waals surface area contributed by atoms with Crippen molar-refractivity contribution in [2.75, 3.05) is 12.4 Å². The standard InChI is InChI=1S/C20H33N3O5S/c1-7-10-13(21-18(26)15(24)12(8-2)9-3)17(25)23-20-22-14(19(27)28-6)16(29-20)11(4)5/h11-13,15,24H,7-10H2,1-6H3,(H,21,26)(H,22,23,25)/t13-,15-/m0/s1. The minimum Gasteiger partial charge on any atom is -0.464 e. The monoisotopic (exact) mass is 427 g/mol. The highest BCUT2D eigenvalue weighted by atomic mass is 32.1. The third kappa shape index (κ3) is 6.78. The number of nitrogens with one attached hydrogen (secondary N) is 2. The van der Waals surface area contributed by atoms with Crippen LogP contribution < -0.4 is 10.6 Å². The Bertz CT molecular complexity index is 700. The normalized spacial score (nSPS) is 13.3. The van der Waals surface area contributed by atoms with Crippen molar-refractivity contribution in [2.45, 2.75) is 78.4 Å². The summed E-state index contributed by atoms with van der Waals surface area (Å²) in [5.74, 6) is -1.66. The predicted octanol–water partition coefficient (Wildman–Crippen LogP) is 3.07. The zero-order valence-electron chi connectivity index (χ0n) is 18.1. The van der Waals surface area contributed by atoms with Gasteiger partial charge in [0, 0.05) is 4.88 Å². The number of methoxy groups -OCH3 is 1. The molecular formula is C20H33N3O5S. The van der Waals surface area contributed by atoms with Gasteiger partial charge in [-0.25, -0.2) is 9.78 Å². The fourth-order valence-corrected chi connectivity index (χ4v) is 3.93. The third-order valence-corrected chi connectivity index (χ3v) is 6.03. The number of ether oxygens (including phenoxy) is 1. The first kappa shape index (κ1) is 25.0. The van der Waals surface area contributed by atoms with E-state index in [4.69, 9.17) is 4.74 Å². The number of aliphatic hydroxyl groups excluding tert-OH is 1. The number of amides is 2. The van der Waals surface area contributed by atoms with Crippen molar-refractivity contribution in [3.63, 3.8) is 0 Å². The number of rotatable bonds is 11. The fraction of sp³-hybridized carbons (Fsp3) is 0.700. The molecule has 0 saturated carbocycles. The quantitative estimate of drug-likeness (QED) is 0.467. The summed E-state index contributed by atoms with van der Waals surface area (Å²) in [6.45, 7) is 9.57. The predicted molar refractivity (Wildman–Crippen MR) is 113 cm³/mol. The van der Waals surface area contributed by atoms with Crippen LogP contribution >= 0.6 is 11.3 Å². The average molecular weight is 428 g/mol. The Kier molecular flexibility index (Phi) is 10.2. The van der Waals surface area contributed by atoms with Gasteiger partial charge >= 0.3 is 5.97 Å². The van der Waals surface area contributed by atoms with Gasteiger partial charge in [-0.1, -0.05) is 53.9 Å². The molecule has 3 N–H and O–H groups in total. The minimum absolute atomic E-state index is 0.0357. The minimum atomic E-state index is -1.16. The number of carbonyl (C=O) groups is 3. The van der Waals surface area contributed by atoms with E-state index in [0.29, 0.717) is 30.6 Å². The maximum atomic E-state index is 12.7. The van der Waals surface area contributed by atoms with Crippen LogP contribution in [0.3, 0.4) is 0 Å². The van der Waals surface area contributed by atoms with E-state index in [0.717, 1.165) is 0 Å². The summed E-state index contributed by atoms with van der Waals surface area (Å²) >= 11 is 1.21. The molecule has 29 heavy (non-hydrogen) atoms. The van der Waals surface area contributed by atoms with E-state index in [2.05, 4.69) is 15.6 Å². The number of carbonyl (C=O) groups excluding carboxylic acids is 3. The largest absolute Gasteiger partial charge is 0.464 e. The number of nitrogens with zero attached hydrogens (tertiary/aromatic N) is 1. The van der Waals surface area contributed by atoms with Gasteiger partial charge in [-0.3, -0.25) is 9.59 Å². The highest BCUT2D eigenvalue weighted by Gasteiger charge is 2.29. The number of aliphatic hydroxyl groups is 1. The molecule has 2 atom stereocenters. The second-order valence-electron chi connectivity index (χ2n) is 7.24. The van der Waals surface area contributed by atoms with Crippen LogP contribution in [-0.4, -0.2) is 47.1 Å². The number of thiazole rings is 1. The highest BCUT2D eigenvalue weighted by molar-refractivity contribution is 7.16.